The van der Waals surface area contributed by atoms with E-state index in [9.17, 15) is 4.79 Å². The minimum Gasteiger partial charge on any atom is -0.493 e. The molecule has 280 valence electrons. The van der Waals surface area contributed by atoms with Crippen molar-refractivity contribution in [1.29, 1.82) is 0 Å². The van der Waals surface area contributed by atoms with E-state index in [4.69, 9.17) is 23.4 Å². The molecule has 0 aromatic heterocycles. The first-order valence-corrected chi connectivity index (χ1v) is 21.6. The first-order valence-electron chi connectivity index (χ1n) is 18.7. The summed E-state index contributed by atoms with van der Waals surface area (Å²) in [7, 11) is 0.844. The van der Waals surface area contributed by atoms with Crippen molar-refractivity contribution in [3.8, 4) is 11.5 Å². The second-order valence-electron chi connectivity index (χ2n) is 15.8. The molecule has 0 aliphatic carbocycles. The number of ether oxygens (including phenoxy) is 4. The molecule has 5 aromatic carbocycles. The van der Waals surface area contributed by atoms with Crippen LogP contribution in [0.2, 0.25) is 18.1 Å². The Bertz CT molecular complexity index is 1940. The van der Waals surface area contributed by atoms with Crippen molar-refractivity contribution in [2.24, 2.45) is 0 Å². The third-order valence-electron chi connectivity index (χ3n) is 11.7. The lowest BCUT2D eigenvalue weighted by Gasteiger charge is -2.41. The van der Waals surface area contributed by atoms with E-state index in [0.29, 0.717) is 18.0 Å². The molecule has 0 N–H and O–H groups in total. The Kier molecular flexibility index (Phi) is 10.3. The molecule has 2 unspecified atom stereocenters. The minimum atomic E-state index is -2.42. The summed E-state index contributed by atoms with van der Waals surface area (Å²) in [6.45, 7) is 11.8. The fraction of sp³-hybridized carbons (Fsp3) is 0.326. The standard InChI is InChI=1S/C46H51NO6Si/c1-44(2,3)54(6,7)53-42(34-20-12-8-13-21-34)45-41(47(45)31-33-28-29-38(49-4)39(30-33)50-5)40(52-43(45)48)32-51-46(35-22-14-9-15-23-35,36-24-16-10-17-25-36)37-26-18-11-19-27-37/h8-30,40-42H,31-32H2,1-7H3/t40-,41-,42?,45+,47?/m1/s1. The molecule has 0 amide bonds. The van der Waals surface area contributed by atoms with Crippen LogP contribution in [-0.2, 0) is 30.8 Å². The van der Waals surface area contributed by atoms with Crippen LogP contribution in [0.1, 0.15) is 54.7 Å². The monoisotopic (exact) mass is 741 g/mol. The predicted molar refractivity (Wildman–Crippen MR) is 214 cm³/mol. The predicted octanol–water partition coefficient (Wildman–Crippen LogP) is 9.32. The lowest BCUT2D eigenvalue weighted by molar-refractivity contribution is -0.157. The Hall–Kier alpha value is -4.73. The van der Waals surface area contributed by atoms with Gasteiger partial charge in [-0.2, -0.15) is 0 Å². The maximum Gasteiger partial charge on any atom is 0.331 e. The van der Waals surface area contributed by atoms with Gasteiger partial charge in [-0.1, -0.05) is 148 Å². The van der Waals surface area contributed by atoms with Crippen LogP contribution < -0.4 is 9.47 Å². The van der Waals surface area contributed by atoms with Crippen LogP contribution in [0.5, 0.6) is 11.5 Å². The Balaban J connectivity index is 1.33. The van der Waals surface area contributed by atoms with Gasteiger partial charge in [-0.05, 0) is 58.1 Å². The Morgan fingerprint density at radius 1 is 0.722 bits per heavy atom. The number of morpholine rings is 1. The fourth-order valence-corrected chi connectivity index (χ4v) is 9.09. The Morgan fingerprint density at radius 3 is 1.70 bits per heavy atom. The maximum atomic E-state index is 14.8. The highest BCUT2D eigenvalue weighted by Crippen LogP contribution is 2.61. The van der Waals surface area contributed by atoms with Gasteiger partial charge in [-0.3, -0.25) is 4.90 Å². The molecule has 2 saturated heterocycles. The number of hydrogen-bond acceptors (Lipinski definition) is 7. The van der Waals surface area contributed by atoms with Gasteiger partial charge < -0.3 is 23.4 Å². The van der Waals surface area contributed by atoms with Crippen LogP contribution in [-0.4, -0.2) is 57.7 Å². The van der Waals surface area contributed by atoms with E-state index in [0.717, 1.165) is 27.8 Å². The summed E-state index contributed by atoms with van der Waals surface area (Å²) in [5.74, 6) is 0.989. The molecular formula is C46H51NO6Si. The molecule has 2 aliphatic heterocycles. The van der Waals surface area contributed by atoms with E-state index >= 15 is 0 Å². The zero-order chi connectivity index (χ0) is 38.1. The third kappa shape index (κ3) is 6.55. The summed E-state index contributed by atoms with van der Waals surface area (Å²) in [6, 6.07) is 46.6. The lowest BCUT2D eigenvalue weighted by atomic mass is 9.80. The number of benzene rings is 5. The highest BCUT2D eigenvalue weighted by Gasteiger charge is 2.81. The van der Waals surface area contributed by atoms with Crippen LogP contribution in [0.15, 0.2) is 140 Å². The van der Waals surface area contributed by atoms with Crippen LogP contribution in [0.25, 0.3) is 0 Å². The number of methoxy groups -OCH3 is 2. The molecule has 7 rings (SSSR count). The van der Waals surface area contributed by atoms with E-state index in [1.807, 2.05) is 91.0 Å². The van der Waals surface area contributed by atoms with Gasteiger partial charge in [-0.25, -0.2) is 4.79 Å². The van der Waals surface area contributed by atoms with Gasteiger partial charge in [0.1, 0.15) is 17.8 Å². The Morgan fingerprint density at radius 2 is 1.22 bits per heavy atom. The molecule has 0 spiro atoms. The molecular weight excluding hydrogens is 691 g/mol. The number of hydrogen-bond donors (Lipinski definition) is 0. The van der Waals surface area contributed by atoms with Crippen molar-refractivity contribution in [2.75, 3.05) is 20.8 Å². The SMILES string of the molecule is COc1ccc(CN2[C@@H]3[C@@H](COC(c4ccccc4)(c4ccccc4)c4ccccc4)OC(=O)[C@@]32C(O[Si](C)(C)C(C)(C)C)c2ccccc2)cc1OC. The average Bonchev–Trinajstić information content (AvgIpc) is 3.75. The van der Waals surface area contributed by atoms with Gasteiger partial charge in [0, 0.05) is 6.54 Å². The van der Waals surface area contributed by atoms with Crippen LogP contribution in [0.4, 0.5) is 0 Å². The molecule has 0 bridgehead atoms. The van der Waals surface area contributed by atoms with Crippen LogP contribution >= 0.6 is 0 Å². The zero-order valence-electron chi connectivity index (χ0n) is 32.3. The normalized spacial score (nSPS) is 21.5. The minimum absolute atomic E-state index is 0.0963. The second-order valence-corrected chi connectivity index (χ2v) is 20.5. The van der Waals surface area contributed by atoms with Crippen molar-refractivity contribution in [3.63, 3.8) is 0 Å². The highest BCUT2D eigenvalue weighted by atomic mass is 28.4. The van der Waals surface area contributed by atoms with Crippen molar-refractivity contribution >= 4 is 14.3 Å². The van der Waals surface area contributed by atoms with Gasteiger partial charge >= 0.3 is 5.97 Å². The van der Waals surface area contributed by atoms with Crippen LogP contribution in [0, 0.1) is 0 Å². The first-order chi connectivity index (χ1) is 26.0. The number of rotatable bonds is 14. The van der Waals surface area contributed by atoms with Gasteiger partial charge in [0.05, 0.1) is 26.9 Å². The van der Waals surface area contributed by atoms with Crippen LogP contribution in [0.3, 0.4) is 0 Å². The first kappa shape index (κ1) is 37.6. The molecule has 2 fully saturated rings. The summed E-state index contributed by atoms with van der Waals surface area (Å²) >= 11 is 0. The maximum absolute atomic E-state index is 14.8. The van der Waals surface area contributed by atoms with E-state index in [-0.39, 0.29) is 23.7 Å². The molecule has 2 heterocycles. The van der Waals surface area contributed by atoms with Crippen molar-refractivity contribution < 1.29 is 28.2 Å². The van der Waals surface area contributed by atoms with Gasteiger partial charge in [0.25, 0.3) is 0 Å². The summed E-state index contributed by atoms with van der Waals surface area (Å²) in [5.41, 5.74) is 2.85. The number of carbonyl (C=O) groups excluding carboxylic acids is 1. The lowest BCUT2D eigenvalue weighted by Crippen LogP contribution is -2.47. The Labute approximate surface area is 320 Å². The molecule has 5 aromatic rings. The average molecular weight is 742 g/mol. The third-order valence-corrected chi connectivity index (χ3v) is 16.1. The van der Waals surface area contributed by atoms with Gasteiger partial charge in [-0.15, -0.1) is 0 Å². The largest absolute Gasteiger partial charge is 0.493 e. The number of cyclic esters (lactones) is 1. The van der Waals surface area contributed by atoms with Crippen molar-refractivity contribution in [1.82, 2.24) is 4.90 Å². The number of esters is 1. The highest BCUT2D eigenvalue weighted by molar-refractivity contribution is 6.74. The molecule has 2 aliphatic rings. The molecule has 54 heavy (non-hydrogen) atoms. The molecule has 7 nitrogen and oxygen atoms in total. The fourth-order valence-electron chi connectivity index (χ4n) is 7.83. The smallest absolute Gasteiger partial charge is 0.331 e. The quantitative estimate of drug-likeness (QED) is 0.0487. The second kappa shape index (κ2) is 14.8. The molecule has 0 radical (unpaired) electrons. The van der Waals surface area contributed by atoms with E-state index in [1.165, 1.54) is 0 Å². The van der Waals surface area contributed by atoms with E-state index in [2.05, 4.69) is 87.3 Å². The van der Waals surface area contributed by atoms with Gasteiger partial charge in [0.2, 0.25) is 0 Å². The summed E-state index contributed by atoms with van der Waals surface area (Å²) in [5, 5.41) is -0.0963. The summed E-state index contributed by atoms with van der Waals surface area (Å²) in [6.07, 6.45) is -1.15. The van der Waals surface area contributed by atoms with Crippen molar-refractivity contribution in [2.45, 2.75) is 74.8 Å². The molecule has 8 heteroatoms. The number of fused-ring (bicyclic) bond motifs is 1. The van der Waals surface area contributed by atoms with Crippen molar-refractivity contribution in [3.05, 3.63) is 167 Å². The molecule has 0 saturated carbocycles. The molecule has 5 atom stereocenters. The summed E-state index contributed by atoms with van der Waals surface area (Å²) < 4.78 is 32.4. The van der Waals surface area contributed by atoms with Gasteiger partial charge in [0.15, 0.2) is 25.4 Å². The summed E-state index contributed by atoms with van der Waals surface area (Å²) in [4.78, 5) is 17.1. The topological polar surface area (TPSA) is 66.2 Å². The number of nitrogens with zero attached hydrogens (tertiary/aromatic N) is 1. The van der Waals surface area contributed by atoms with E-state index < -0.39 is 31.7 Å². The van der Waals surface area contributed by atoms with E-state index in [1.54, 1.807) is 14.2 Å². The number of carbonyl (C=O) groups is 1. The zero-order valence-corrected chi connectivity index (χ0v) is 33.3.